The lowest BCUT2D eigenvalue weighted by molar-refractivity contribution is -0.167. The van der Waals surface area contributed by atoms with E-state index < -0.39 is 5.72 Å². The standard InChI is InChI=1S/C24H33N3O4/c1-23-8-7-17(24(16-23)26-21(28)18-5-2-3-6-20(18)31-24)15-19(23)22(29)25-9-4-10-27-11-13-30-14-12-27/h2-3,5-6,17,19H,4,7-16H2,1H3,(H,25,29)(H,26,28)/t17-,19-,23-,24+/m1/s1. The molecule has 5 aliphatic rings. The summed E-state index contributed by atoms with van der Waals surface area (Å²) in [5.41, 5.74) is -0.275. The number of carbonyl (C=O) groups is 2. The summed E-state index contributed by atoms with van der Waals surface area (Å²) in [6.45, 7) is 7.46. The summed E-state index contributed by atoms with van der Waals surface area (Å²) in [6, 6.07) is 7.43. The monoisotopic (exact) mass is 427 g/mol. The first kappa shape index (κ1) is 20.8. The fraction of sp³-hybridized carbons (Fsp3) is 0.667. The molecule has 6 rings (SSSR count). The zero-order valence-electron chi connectivity index (χ0n) is 18.3. The van der Waals surface area contributed by atoms with Gasteiger partial charge in [0.2, 0.25) is 5.91 Å². The summed E-state index contributed by atoms with van der Waals surface area (Å²) in [4.78, 5) is 28.3. The number of amides is 2. The average molecular weight is 428 g/mol. The molecule has 4 atom stereocenters. The number of rotatable bonds is 5. The summed E-state index contributed by atoms with van der Waals surface area (Å²) >= 11 is 0. The Balaban J connectivity index is 1.21. The second-order valence-corrected chi connectivity index (χ2v) is 9.90. The minimum Gasteiger partial charge on any atom is -0.467 e. The molecule has 3 aliphatic carbocycles. The lowest BCUT2D eigenvalue weighted by Gasteiger charge is -2.59. The lowest BCUT2D eigenvalue weighted by Crippen LogP contribution is -2.69. The SMILES string of the molecule is C[C@]12CC[C@H](C[C@@H]1C(=O)NCCCN1CCOCC1)[C@@]1(C2)NC(=O)c2ccccc2O1. The lowest BCUT2D eigenvalue weighted by atomic mass is 9.52. The normalized spacial score (nSPS) is 34.7. The number of benzene rings is 1. The molecule has 1 saturated heterocycles. The van der Waals surface area contributed by atoms with E-state index in [-0.39, 0.29) is 29.1 Å². The molecule has 168 valence electrons. The number of morpholine rings is 1. The van der Waals surface area contributed by atoms with Crippen LogP contribution in [0.1, 0.15) is 49.4 Å². The van der Waals surface area contributed by atoms with Crippen LogP contribution in [0.15, 0.2) is 24.3 Å². The Morgan fingerprint density at radius 2 is 2.10 bits per heavy atom. The van der Waals surface area contributed by atoms with E-state index in [1.807, 2.05) is 18.2 Å². The fourth-order valence-corrected chi connectivity index (χ4v) is 6.12. The Morgan fingerprint density at radius 3 is 2.90 bits per heavy atom. The largest absolute Gasteiger partial charge is 0.467 e. The van der Waals surface area contributed by atoms with Gasteiger partial charge in [-0.3, -0.25) is 14.5 Å². The summed E-state index contributed by atoms with van der Waals surface area (Å²) in [5, 5.41) is 6.38. The van der Waals surface area contributed by atoms with Gasteiger partial charge in [0.1, 0.15) is 5.75 Å². The molecule has 2 N–H and O–H groups in total. The van der Waals surface area contributed by atoms with Crippen molar-refractivity contribution in [3.05, 3.63) is 29.8 Å². The van der Waals surface area contributed by atoms with E-state index in [9.17, 15) is 9.59 Å². The zero-order valence-corrected chi connectivity index (χ0v) is 18.3. The van der Waals surface area contributed by atoms with Crippen LogP contribution in [0.5, 0.6) is 5.75 Å². The van der Waals surface area contributed by atoms with Gasteiger partial charge in [-0.05, 0) is 49.8 Å². The minimum absolute atomic E-state index is 0.0297. The number of carbonyl (C=O) groups excluding carboxylic acids is 2. The summed E-state index contributed by atoms with van der Waals surface area (Å²) in [7, 11) is 0. The molecule has 2 amide bonds. The number of ether oxygens (including phenoxy) is 2. The van der Waals surface area contributed by atoms with Gasteiger partial charge in [0.25, 0.3) is 5.91 Å². The highest BCUT2D eigenvalue weighted by Crippen LogP contribution is 2.58. The number of para-hydroxylation sites is 1. The molecule has 1 spiro atoms. The van der Waals surface area contributed by atoms with Gasteiger partial charge in [-0.1, -0.05) is 19.1 Å². The van der Waals surface area contributed by atoms with E-state index in [1.54, 1.807) is 6.07 Å². The van der Waals surface area contributed by atoms with Crippen molar-refractivity contribution >= 4 is 11.8 Å². The molecule has 3 saturated carbocycles. The van der Waals surface area contributed by atoms with Crippen molar-refractivity contribution in [2.24, 2.45) is 17.3 Å². The van der Waals surface area contributed by atoms with Crippen molar-refractivity contribution in [2.45, 2.75) is 44.8 Å². The molecule has 7 nitrogen and oxygen atoms in total. The first-order valence-corrected chi connectivity index (χ1v) is 11.7. The van der Waals surface area contributed by atoms with Gasteiger partial charge in [-0.15, -0.1) is 0 Å². The second kappa shape index (κ2) is 8.10. The predicted octanol–water partition coefficient (Wildman–Crippen LogP) is 2.17. The molecule has 7 heteroatoms. The average Bonchev–Trinajstić information content (AvgIpc) is 2.77. The number of nitrogens with one attached hydrogen (secondary N) is 2. The quantitative estimate of drug-likeness (QED) is 0.704. The van der Waals surface area contributed by atoms with Crippen LogP contribution in [0.4, 0.5) is 0 Å². The molecule has 0 unspecified atom stereocenters. The predicted molar refractivity (Wildman–Crippen MR) is 116 cm³/mol. The fourth-order valence-electron chi connectivity index (χ4n) is 6.12. The van der Waals surface area contributed by atoms with Gasteiger partial charge in [-0.2, -0.15) is 0 Å². The molecule has 1 aromatic rings. The first-order valence-electron chi connectivity index (χ1n) is 11.7. The highest BCUT2D eigenvalue weighted by atomic mass is 16.5. The van der Waals surface area contributed by atoms with Crippen molar-refractivity contribution in [3.8, 4) is 5.75 Å². The molecule has 2 aliphatic heterocycles. The van der Waals surface area contributed by atoms with Crippen molar-refractivity contribution in [1.82, 2.24) is 15.5 Å². The van der Waals surface area contributed by atoms with Crippen molar-refractivity contribution in [1.29, 1.82) is 0 Å². The molecule has 0 radical (unpaired) electrons. The van der Waals surface area contributed by atoms with E-state index in [2.05, 4.69) is 22.5 Å². The summed E-state index contributed by atoms with van der Waals surface area (Å²) < 4.78 is 11.8. The third-order valence-electron chi connectivity index (χ3n) is 7.87. The molecular weight excluding hydrogens is 394 g/mol. The van der Waals surface area contributed by atoms with Crippen LogP contribution in [0.2, 0.25) is 0 Å². The van der Waals surface area contributed by atoms with E-state index >= 15 is 0 Å². The Kier molecular flexibility index (Phi) is 5.42. The Labute approximate surface area is 183 Å². The Hall–Kier alpha value is -2.12. The summed E-state index contributed by atoms with van der Waals surface area (Å²) in [6.07, 6.45) is 4.36. The van der Waals surface area contributed by atoms with Gasteiger partial charge >= 0.3 is 0 Å². The van der Waals surface area contributed by atoms with E-state index in [0.717, 1.165) is 58.5 Å². The Morgan fingerprint density at radius 1 is 1.29 bits per heavy atom. The maximum absolute atomic E-state index is 13.1. The number of hydrogen-bond donors (Lipinski definition) is 2. The van der Waals surface area contributed by atoms with Crippen LogP contribution >= 0.6 is 0 Å². The highest BCUT2D eigenvalue weighted by Gasteiger charge is 2.61. The van der Waals surface area contributed by atoms with E-state index in [0.29, 0.717) is 24.3 Å². The second-order valence-electron chi connectivity index (χ2n) is 9.90. The molecule has 4 fully saturated rings. The van der Waals surface area contributed by atoms with Crippen LogP contribution in [0, 0.1) is 17.3 Å². The highest BCUT2D eigenvalue weighted by molar-refractivity contribution is 5.98. The van der Waals surface area contributed by atoms with Crippen LogP contribution in [0.3, 0.4) is 0 Å². The van der Waals surface area contributed by atoms with Crippen LogP contribution in [0.25, 0.3) is 0 Å². The van der Waals surface area contributed by atoms with Gasteiger partial charge in [0.05, 0.1) is 18.8 Å². The van der Waals surface area contributed by atoms with Gasteiger partial charge in [0.15, 0.2) is 5.72 Å². The van der Waals surface area contributed by atoms with E-state index in [4.69, 9.17) is 9.47 Å². The maximum Gasteiger partial charge on any atom is 0.258 e. The van der Waals surface area contributed by atoms with Crippen molar-refractivity contribution in [2.75, 3.05) is 39.4 Å². The van der Waals surface area contributed by atoms with Gasteiger partial charge in [0, 0.05) is 37.9 Å². The third kappa shape index (κ3) is 3.82. The van der Waals surface area contributed by atoms with Crippen LogP contribution in [-0.4, -0.2) is 61.8 Å². The number of nitrogens with zero attached hydrogens (tertiary/aromatic N) is 1. The number of fused-ring (bicyclic) bond motifs is 3. The first-order chi connectivity index (χ1) is 15.0. The van der Waals surface area contributed by atoms with E-state index in [1.165, 1.54) is 0 Å². The zero-order chi connectivity index (χ0) is 21.5. The minimum atomic E-state index is -0.689. The van der Waals surface area contributed by atoms with Crippen molar-refractivity contribution < 1.29 is 19.1 Å². The molecule has 0 aromatic heterocycles. The van der Waals surface area contributed by atoms with Crippen LogP contribution in [-0.2, 0) is 9.53 Å². The third-order valence-corrected chi connectivity index (χ3v) is 7.87. The molecular formula is C24H33N3O4. The van der Waals surface area contributed by atoms with Gasteiger partial charge in [-0.25, -0.2) is 0 Å². The van der Waals surface area contributed by atoms with Crippen molar-refractivity contribution in [3.63, 3.8) is 0 Å². The smallest absolute Gasteiger partial charge is 0.258 e. The van der Waals surface area contributed by atoms with Gasteiger partial charge < -0.3 is 20.1 Å². The molecule has 2 bridgehead atoms. The number of hydrogen-bond acceptors (Lipinski definition) is 5. The topological polar surface area (TPSA) is 79.9 Å². The van der Waals surface area contributed by atoms with Crippen LogP contribution < -0.4 is 15.4 Å². The molecule has 1 aromatic carbocycles. The molecule has 31 heavy (non-hydrogen) atoms. The summed E-state index contributed by atoms with van der Waals surface area (Å²) in [5.74, 6) is 0.869. The Bertz CT molecular complexity index is 855. The molecule has 2 heterocycles. The maximum atomic E-state index is 13.1.